The van der Waals surface area contributed by atoms with E-state index in [4.69, 9.17) is 10.5 Å². The van der Waals surface area contributed by atoms with Gasteiger partial charge in [-0.05, 0) is 49.3 Å². The van der Waals surface area contributed by atoms with Crippen LogP contribution < -0.4 is 10.6 Å². The van der Waals surface area contributed by atoms with Gasteiger partial charge < -0.3 is 15.4 Å². The maximum Gasteiger partial charge on any atom is 0.322 e. The first kappa shape index (κ1) is 15.8. The molecular weight excluding hydrogens is 264 g/mol. The van der Waals surface area contributed by atoms with Crippen molar-refractivity contribution >= 4 is 11.7 Å². The van der Waals surface area contributed by atoms with Crippen molar-refractivity contribution in [3.05, 3.63) is 28.8 Å². The van der Waals surface area contributed by atoms with Gasteiger partial charge in [0.25, 0.3) is 0 Å². The second-order valence-electron chi connectivity index (χ2n) is 5.80. The lowest BCUT2D eigenvalue weighted by Crippen LogP contribution is -2.33. The van der Waals surface area contributed by atoms with Gasteiger partial charge in [-0.1, -0.05) is 19.1 Å². The molecular formula is C17H26N2O2. The number of nitrogens with zero attached hydrogens (tertiary/aromatic N) is 1. The van der Waals surface area contributed by atoms with Crippen LogP contribution in [0.1, 0.15) is 36.5 Å². The van der Waals surface area contributed by atoms with E-state index in [-0.39, 0.29) is 5.97 Å². The molecule has 0 amide bonds. The minimum absolute atomic E-state index is 0.352. The highest BCUT2D eigenvalue weighted by Gasteiger charge is 2.20. The second kappa shape index (κ2) is 6.94. The number of nitrogens with two attached hydrogens (primary N) is 1. The smallest absolute Gasteiger partial charge is 0.322 e. The van der Waals surface area contributed by atoms with Crippen molar-refractivity contribution in [2.24, 2.45) is 5.73 Å². The minimum Gasteiger partial charge on any atom is -0.468 e. The Morgan fingerprint density at radius 2 is 2.05 bits per heavy atom. The molecule has 2 N–H and O–H groups in total. The van der Waals surface area contributed by atoms with E-state index < -0.39 is 6.04 Å². The monoisotopic (exact) mass is 290 g/mol. The lowest BCUT2D eigenvalue weighted by molar-refractivity contribution is -0.142. The van der Waals surface area contributed by atoms with E-state index in [0.29, 0.717) is 6.42 Å². The number of methoxy groups -OCH3 is 1. The predicted molar refractivity (Wildman–Crippen MR) is 85.7 cm³/mol. The molecule has 0 aromatic heterocycles. The Labute approximate surface area is 127 Å². The molecule has 1 atom stereocenters. The number of benzene rings is 1. The summed E-state index contributed by atoms with van der Waals surface area (Å²) in [6.07, 6.45) is 4.07. The number of carbonyl (C=O) groups is 1. The summed E-state index contributed by atoms with van der Waals surface area (Å²) in [5.41, 5.74) is 11.0. The Morgan fingerprint density at radius 1 is 1.38 bits per heavy atom. The van der Waals surface area contributed by atoms with Crippen LogP contribution in [-0.4, -0.2) is 32.2 Å². The normalized spacial score (nSPS) is 16.1. The number of hydrogen-bond donors (Lipinski definition) is 1. The summed E-state index contributed by atoms with van der Waals surface area (Å²) >= 11 is 0. The Kier molecular flexibility index (Phi) is 5.23. The summed E-state index contributed by atoms with van der Waals surface area (Å²) in [6, 6.07) is 3.77. The average molecular weight is 290 g/mol. The number of aryl methyl sites for hydroxylation is 2. The SMILES string of the molecule is CCc1cc(CC(N)C(=O)OC)cc(C)c1N1CCCC1. The standard InChI is InChI=1S/C17H26N2O2/c1-4-14-10-13(11-15(18)17(20)21-3)9-12(2)16(14)19-7-5-6-8-19/h9-10,15H,4-8,11,18H2,1-3H3. The van der Waals surface area contributed by atoms with Crippen LogP contribution in [0.3, 0.4) is 0 Å². The van der Waals surface area contributed by atoms with Crippen LogP contribution in [0.25, 0.3) is 0 Å². The van der Waals surface area contributed by atoms with E-state index in [1.54, 1.807) is 0 Å². The van der Waals surface area contributed by atoms with Crippen LogP contribution >= 0.6 is 0 Å². The molecule has 1 unspecified atom stereocenters. The van der Waals surface area contributed by atoms with Gasteiger partial charge in [0.15, 0.2) is 0 Å². The molecule has 116 valence electrons. The zero-order valence-electron chi connectivity index (χ0n) is 13.3. The first-order valence-electron chi connectivity index (χ1n) is 7.77. The number of esters is 1. The molecule has 4 heteroatoms. The highest BCUT2D eigenvalue weighted by atomic mass is 16.5. The highest BCUT2D eigenvalue weighted by molar-refractivity contribution is 5.75. The summed E-state index contributed by atoms with van der Waals surface area (Å²) in [4.78, 5) is 14.0. The molecule has 0 spiro atoms. The maximum atomic E-state index is 11.5. The van der Waals surface area contributed by atoms with E-state index in [1.807, 2.05) is 0 Å². The van der Waals surface area contributed by atoms with E-state index in [2.05, 4.69) is 30.9 Å². The predicted octanol–water partition coefficient (Wildman–Crippen LogP) is 2.20. The zero-order chi connectivity index (χ0) is 15.4. The fraction of sp³-hybridized carbons (Fsp3) is 0.588. The summed E-state index contributed by atoms with van der Waals surface area (Å²) in [6.45, 7) is 6.63. The fourth-order valence-electron chi connectivity index (χ4n) is 3.20. The highest BCUT2D eigenvalue weighted by Crippen LogP contribution is 2.30. The van der Waals surface area contributed by atoms with Crippen molar-refractivity contribution in [2.45, 2.75) is 45.6 Å². The second-order valence-corrected chi connectivity index (χ2v) is 5.80. The van der Waals surface area contributed by atoms with Crippen molar-refractivity contribution < 1.29 is 9.53 Å². The van der Waals surface area contributed by atoms with Gasteiger partial charge in [0.1, 0.15) is 6.04 Å². The van der Waals surface area contributed by atoms with E-state index >= 15 is 0 Å². The molecule has 21 heavy (non-hydrogen) atoms. The van der Waals surface area contributed by atoms with E-state index in [9.17, 15) is 4.79 Å². The van der Waals surface area contributed by atoms with Crippen LogP contribution in [0.2, 0.25) is 0 Å². The van der Waals surface area contributed by atoms with Gasteiger partial charge >= 0.3 is 5.97 Å². The number of ether oxygens (including phenoxy) is 1. The van der Waals surface area contributed by atoms with Gasteiger partial charge in [-0.25, -0.2) is 0 Å². The molecule has 1 saturated heterocycles. The van der Waals surface area contributed by atoms with Crippen molar-refractivity contribution in [1.29, 1.82) is 0 Å². The van der Waals surface area contributed by atoms with Gasteiger partial charge in [-0.2, -0.15) is 0 Å². The molecule has 4 nitrogen and oxygen atoms in total. The third kappa shape index (κ3) is 3.56. The van der Waals surface area contributed by atoms with Crippen LogP contribution in [-0.2, 0) is 22.4 Å². The number of hydrogen-bond acceptors (Lipinski definition) is 4. The topological polar surface area (TPSA) is 55.6 Å². The van der Waals surface area contributed by atoms with Gasteiger partial charge in [-0.15, -0.1) is 0 Å². The Hall–Kier alpha value is -1.55. The molecule has 1 aliphatic rings. The summed E-state index contributed by atoms with van der Waals surface area (Å²) in [5.74, 6) is -0.352. The summed E-state index contributed by atoms with van der Waals surface area (Å²) in [5, 5.41) is 0. The van der Waals surface area contributed by atoms with Crippen molar-refractivity contribution in [3.8, 4) is 0 Å². The van der Waals surface area contributed by atoms with Crippen molar-refractivity contribution in [2.75, 3.05) is 25.1 Å². The Bertz CT molecular complexity index is 508. The number of anilines is 1. The quantitative estimate of drug-likeness (QED) is 0.845. The molecule has 0 aliphatic carbocycles. The van der Waals surface area contributed by atoms with Crippen LogP contribution in [0, 0.1) is 6.92 Å². The lowest BCUT2D eigenvalue weighted by atomic mass is 9.97. The molecule has 0 bridgehead atoms. The van der Waals surface area contributed by atoms with E-state index in [1.165, 1.54) is 36.8 Å². The Balaban J connectivity index is 2.25. The largest absolute Gasteiger partial charge is 0.468 e. The van der Waals surface area contributed by atoms with Gasteiger partial charge in [0.2, 0.25) is 0 Å². The molecule has 1 heterocycles. The van der Waals surface area contributed by atoms with Gasteiger partial charge in [0, 0.05) is 18.8 Å². The first-order chi connectivity index (χ1) is 10.1. The Morgan fingerprint density at radius 3 is 2.62 bits per heavy atom. The maximum absolute atomic E-state index is 11.5. The molecule has 0 saturated carbocycles. The summed E-state index contributed by atoms with van der Waals surface area (Å²) < 4.78 is 4.70. The molecule has 1 aromatic rings. The van der Waals surface area contributed by atoms with Gasteiger partial charge in [-0.3, -0.25) is 4.79 Å². The molecule has 1 fully saturated rings. The van der Waals surface area contributed by atoms with Crippen LogP contribution in [0.15, 0.2) is 12.1 Å². The molecule has 1 aliphatic heterocycles. The minimum atomic E-state index is -0.586. The van der Waals surface area contributed by atoms with Crippen molar-refractivity contribution in [3.63, 3.8) is 0 Å². The van der Waals surface area contributed by atoms with Gasteiger partial charge in [0.05, 0.1) is 7.11 Å². The first-order valence-corrected chi connectivity index (χ1v) is 7.77. The third-order valence-electron chi connectivity index (χ3n) is 4.20. The molecule has 2 rings (SSSR count). The van der Waals surface area contributed by atoms with Crippen LogP contribution in [0.4, 0.5) is 5.69 Å². The lowest BCUT2D eigenvalue weighted by Gasteiger charge is -2.25. The van der Waals surface area contributed by atoms with E-state index in [0.717, 1.165) is 25.1 Å². The molecule has 1 aromatic carbocycles. The zero-order valence-corrected chi connectivity index (χ0v) is 13.3. The van der Waals surface area contributed by atoms with Crippen LogP contribution in [0.5, 0.6) is 0 Å². The average Bonchev–Trinajstić information content (AvgIpc) is 2.99. The molecule has 0 radical (unpaired) electrons. The number of rotatable bonds is 5. The third-order valence-corrected chi connectivity index (χ3v) is 4.20. The fourth-order valence-corrected chi connectivity index (χ4v) is 3.20. The van der Waals surface area contributed by atoms with Crippen molar-refractivity contribution in [1.82, 2.24) is 0 Å². The number of carbonyl (C=O) groups excluding carboxylic acids is 1. The summed E-state index contributed by atoms with van der Waals surface area (Å²) in [7, 11) is 1.38.